The van der Waals surface area contributed by atoms with Crippen LogP contribution >= 0.6 is 0 Å². The quantitative estimate of drug-likeness (QED) is 0.803. The smallest absolute Gasteiger partial charge is 0.0318 e. The first-order valence-electron chi connectivity index (χ1n) is 7.64. The summed E-state index contributed by atoms with van der Waals surface area (Å²) in [6, 6.07) is 2.49. The molecule has 0 fully saturated rings. The maximum Gasteiger partial charge on any atom is 0.0318 e. The Hall–Kier alpha value is -1.02. The number of nitrogens with zero attached hydrogens (tertiary/aromatic N) is 1. The van der Waals surface area contributed by atoms with Crippen molar-refractivity contribution in [3.8, 4) is 0 Å². The van der Waals surface area contributed by atoms with E-state index in [0.717, 1.165) is 12.3 Å². The Morgan fingerprint density at radius 1 is 1.37 bits per heavy atom. The van der Waals surface area contributed by atoms with Crippen LogP contribution in [-0.2, 0) is 13.0 Å². The van der Waals surface area contributed by atoms with Crippen LogP contribution in [0.25, 0.3) is 0 Å². The molecule has 2 N–H and O–H groups in total. The zero-order chi connectivity index (χ0) is 13.5. The molecule has 0 saturated carbocycles. The number of hydrogen-bond acceptors (Lipinski definition) is 1. The molecule has 1 heterocycles. The van der Waals surface area contributed by atoms with Gasteiger partial charge in [0, 0.05) is 24.5 Å². The van der Waals surface area contributed by atoms with Crippen molar-refractivity contribution < 1.29 is 0 Å². The van der Waals surface area contributed by atoms with Gasteiger partial charge < -0.3 is 10.3 Å². The molecule has 0 bridgehead atoms. The second kappa shape index (κ2) is 4.82. The molecule has 0 spiro atoms. The molecule has 1 aromatic rings. The maximum atomic E-state index is 6.34. The summed E-state index contributed by atoms with van der Waals surface area (Å²) < 4.78 is 2.49. The highest BCUT2D eigenvalue weighted by molar-refractivity contribution is 5.30. The van der Waals surface area contributed by atoms with Crippen molar-refractivity contribution in [3.63, 3.8) is 0 Å². The van der Waals surface area contributed by atoms with Crippen LogP contribution in [0.4, 0.5) is 0 Å². The molecule has 0 aromatic carbocycles. The fourth-order valence-corrected chi connectivity index (χ4v) is 3.77. The highest BCUT2D eigenvalue weighted by atomic mass is 15.0. The second-order valence-electron chi connectivity index (χ2n) is 7.17. The predicted octanol–water partition coefficient (Wildman–Crippen LogP) is 3.82. The number of aromatic nitrogens is 1. The molecule has 19 heavy (non-hydrogen) atoms. The first-order valence-corrected chi connectivity index (χ1v) is 7.64. The number of rotatable bonds is 2. The van der Waals surface area contributed by atoms with Gasteiger partial charge in [-0.3, -0.25) is 0 Å². The summed E-state index contributed by atoms with van der Waals surface area (Å²) in [5, 5.41) is 0. The summed E-state index contributed by atoms with van der Waals surface area (Å²) >= 11 is 0. The number of hydrogen-bond donors (Lipinski definition) is 1. The standard InChI is InChI=1S/C17H26N2/c1-17(2)10-15(18)14-8-9-19(16(14)11-17)12-13-6-4-3-5-7-13/h3-4,8-9,13,15H,5-7,10-12,18H2,1-2H3. The van der Waals surface area contributed by atoms with Crippen molar-refractivity contribution in [2.24, 2.45) is 17.1 Å². The first-order chi connectivity index (χ1) is 9.05. The monoisotopic (exact) mass is 258 g/mol. The average molecular weight is 258 g/mol. The summed E-state index contributed by atoms with van der Waals surface area (Å²) in [7, 11) is 0. The molecule has 2 aliphatic rings. The van der Waals surface area contributed by atoms with E-state index in [1.54, 1.807) is 0 Å². The molecule has 1 aromatic heterocycles. The summed E-state index contributed by atoms with van der Waals surface area (Å²) in [4.78, 5) is 0. The fraction of sp³-hybridized carbons (Fsp3) is 0.647. The molecule has 0 saturated heterocycles. The molecule has 2 atom stereocenters. The SMILES string of the molecule is CC1(C)Cc2c(ccn2CC2CC=CCC2)C(N)C1. The summed E-state index contributed by atoms with van der Waals surface area (Å²) in [5.41, 5.74) is 9.58. The lowest BCUT2D eigenvalue weighted by atomic mass is 9.74. The summed E-state index contributed by atoms with van der Waals surface area (Å²) in [6.45, 7) is 5.86. The van der Waals surface area contributed by atoms with Crippen LogP contribution in [0, 0.1) is 11.3 Å². The van der Waals surface area contributed by atoms with Crippen LogP contribution in [0.15, 0.2) is 24.4 Å². The largest absolute Gasteiger partial charge is 0.351 e. The van der Waals surface area contributed by atoms with E-state index in [1.165, 1.54) is 43.5 Å². The molecule has 0 aliphatic heterocycles. The summed E-state index contributed by atoms with van der Waals surface area (Å²) in [5.74, 6) is 0.808. The first kappa shape index (κ1) is 13.0. The van der Waals surface area contributed by atoms with Crippen LogP contribution in [0.2, 0.25) is 0 Å². The normalized spacial score (nSPS) is 29.2. The van der Waals surface area contributed by atoms with Gasteiger partial charge in [-0.1, -0.05) is 26.0 Å². The van der Waals surface area contributed by atoms with Crippen LogP contribution in [-0.4, -0.2) is 4.57 Å². The van der Waals surface area contributed by atoms with Gasteiger partial charge in [-0.25, -0.2) is 0 Å². The van der Waals surface area contributed by atoms with E-state index in [1.807, 2.05) is 0 Å². The highest BCUT2D eigenvalue weighted by Gasteiger charge is 2.32. The van der Waals surface area contributed by atoms with Crippen molar-refractivity contribution in [2.45, 2.75) is 58.5 Å². The Morgan fingerprint density at radius 2 is 2.21 bits per heavy atom. The summed E-state index contributed by atoms with van der Waals surface area (Å²) in [6.07, 6.45) is 13.0. The Kier molecular flexibility index (Phi) is 3.30. The van der Waals surface area contributed by atoms with Gasteiger partial charge in [0.15, 0.2) is 0 Å². The van der Waals surface area contributed by atoms with Gasteiger partial charge in [0.05, 0.1) is 0 Å². The molecule has 2 nitrogen and oxygen atoms in total. The zero-order valence-electron chi connectivity index (χ0n) is 12.2. The average Bonchev–Trinajstić information content (AvgIpc) is 2.72. The van der Waals surface area contributed by atoms with Gasteiger partial charge >= 0.3 is 0 Å². The van der Waals surface area contributed by atoms with Crippen molar-refractivity contribution in [1.29, 1.82) is 0 Å². The lowest BCUT2D eigenvalue weighted by Gasteiger charge is -2.35. The molecular weight excluding hydrogens is 232 g/mol. The fourth-order valence-electron chi connectivity index (χ4n) is 3.77. The van der Waals surface area contributed by atoms with Gasteiger partial charge in [0.1, 0.15) is 0 Å². The third-order valence-electron chi connectivity index (χ3n) is 4.76. The van der Waals surface area contributed by atoms with Crippen molar-refractivity contribution >= 4 is 0 Å². The van der Waals surface area contributed by atoms with E-state index in [9.17, 15) is 0 Å². The van der Waals surface area contributed by atoms with Gasteiger partial charge in [0.2, 0.25) is 0 Å². The van der Waals surface area contributed by atoms with Crippen molar-refractivity contribution in [2.75, 3.05) is 0 Å². The third kappa shape index (κ3) is 2.64. The zero-order valence-corrected chi connectivity index (χ0v) is 12.2. The molecule has 3 rings (SSSR count). The lowest BCUT2D eigenvalue weighted by molar-refractivity contribution is 0.271. The molecule has 0 amide bonds. The van der Waals surface area contributed by atoms with E-state index in [4.69, 9.17) is 5.73 Å². The third-order valence-corrected chi connectivity index (χ3v) is 4.76. The minimum Gasteiger partial charge on any atom is -0.351 e. The van der Waals surface area contributed by atoms with Crippen LogP contribution in [0.3, 0.4) is 0 Å². The number of nitrogens with two attached hydrogens (primary N) is 1. The van der Waals surface area contributed by atoms with Crippen molar-refractivity contribution in [1.82, 2.24) is 4.57 Å². The highest BCUT2D eigenvalue weighted by Crippen LogP contribution is 2.40. The second-order valence-corrected chi connectivity index (χ2v) is 7.17. The van der Waals surface area contributed by atoms with Crippen LogP contribution in [0.5, 0.6) is 0 Å². The molecule has 2 heteroatoms. The minimum absolute atomic E-state index is 0.228. The molecule has 2 aliphatic carbocycles. The Labute approximate surface area is 116 Å². The Bertz CT molecular complexity index is 481. The van der Waals surface area contributed by atoms with E-state index >= 15 is 0 Å². The Morgan fingerprint density at radius 3 is 2.95 bits per heavy atom. The van der Waals surface area contributed by atoms with Gasteiger partial charge in [-0.15, -0.1) is 0 Å². The molecular formula is C17H26N2. The van der Waals surface area contributed by atoms with Gasteiger partial charge in [-0.2, -0.15) is 0 Å². The van der Waals surface area contributed by atoms with Crippen LogP contribution in [0.1, 0.15) is 56.8 Å². The molecule has 104 valence electrons. The molecule has 2 unspecified atom stereocenters. The van der Waals surface area contributed by atoms with Gasteiger partial charge in [-0.05, 0) is 55.1 Å². The van der Waals surface area contributed by atoms with E-state index in [2.05, 4.69) is 42.8 Å². The van der Waals surface area contributed by atoms with E-state index in [0.29, 0.717) is 5.41 Å². The lowest BCUT2D eigenvalue weighted by Crippen LogP contribution is -2.31. The maximum absolute atomic E-state index is 6.34. The number of fused-ring (bicyclic) bond motifs is 1. The van der Waals surface area contributed by atoms with Crippen LogP contribution < -0.4 is 5.73 Å². The predicted molar refractivity (Wildman–Crippen MR) is 79.9 cm³/mol. The topological polar surface area (TPSA) is 30.9 Å². The van der Waals surface area contributed by atoms with E-state index in [-0.39, 0.29) is 6.04 Å². The minimum atomic E-state index is 0.228. The van der Waals surface area contributed by atoms with Gasteiger partial charge in [0.25, 0.3) is 0 Å². The van der Waals surface area contributed by atoms with E-state index < -0.39 is 0 Å². The van der Waals surface area contributed by atoms with Crippen molar-refractivity contribution in [3.05, 3.63) is 35.7 Å². The molecule has 0 radical (unpaired) electrons. The Balaban J connectivity index is 1.82. The number of allylic oxidation sites excluding steroid dienone is 2.